The van der Waals surface area contributed by atoms with Gasteiger partial charge in [-0.2, -0.15) is 0 Å². The molecule has 1 aromatic rings. The average Bonchev–Trinajstić information content (AvgIpc) is 2.95. The molecule has 0 amide bonds. The zero-order valence-corrected chi connectivity index (χ0v) is 14.0. The summed E-state index contributed by atoms with van der Waals surface area (Å²) in [7, 11) is 4.35. The topological polar surface area (TPSA) is 18.5 Å². The first-order valence-corrected chi connectivity index (χ1v) is 8.74. The quantitative estimate of drug-likeness (QED) is 0.834. The Labute approximate surface area is 128 Å². The van der Waals surface area contributed by atoms with Crippen LogP contribution in [0, 0.1) is 0 Å². The maximum atomic E-state index is 3.79. The monoisotopic (exact) mass is 295 g/mol. The van der Waals surface area contributed by atoms with E-state index in [0.29, 0.717) is 12.1 Å². The lowest BCUT2D eigenvalue weighted by Crippen LogP contribution is -2.44. The summed E-state index contributed by atoms with van der Waals surface area (Å²) >= 11 is 1.86. The molecule has 114 valence electrons. The Morgan fingerprint density at radius 3 is 2.70 bits per heavy atom. The summed E-state index contributed by atoms with van der Waals surface area (Å²) in [6.07, 6.45) is 3.87. The fourth-order valence-corrected chi connectivity index (χ4v) is 3.90. The highest BCUT2D eigenvalue weighted by molar-refractivity contribution is 7.10. The van der Waals surface area contributed by atoms with Crippen molar-refractivity contribution in [1.82, 2.24) is 15.1 Å². The molecule has 0 aliphatic carbocycles. The number of hydrogen-bond donors (Lipinski definition) is 1. The van der Waals surface area contributed by atoms with Crippen molar-refractivity contribution in [3.63, 3.8) is 0 Å². The number of thiophene rings is 1. The van der Waals surface area contributed by atoms with Crippen LogP contribution in [-0.4, -0.2) is 56.1 Å². The summed E-state index contributed by atoms with van der Waals surface area (Å²) in [6.45, 7) is 7.12. The van der Waals surface area contributed by atoms with Crippen molar-refractivity contribution in [2.75, 3.05) is 40.3 Å². The number of rotatable bonds is 7. The first-order chi connectivity index (χ1) is 9.70. The third-order valence-electron chi connectivity index (χ3n) is 4.22. The van der Waals surface area contributed by atoms with Crippen LogP contribution in [0.5, 0.6) is 0 Å². The van der Waals surface area contributed by atoms with Gasteiger partial charge in [-0.05, 0) is 64.4 Å². The third-order valence-corrected chi connectivity index (χ3v) is 5.20. The van der Waals surface area contributed by atoms with Crippen LogP contribution in [0.25, 0.3) is 0 Å². The fourth-order valence-electron chi connectivity index (χ4n) is 2.97. The fraction of sp³-hybridized carbons (Fsp3) is 0.750. The Hall–Kier alpha value is -0.420. The van der Waals surface area contributed by atoms with Gasteiger partial charge in [-0.1, -0.05) is 13.0 Å². The van der Waals surface area contributed by atoms with Crippen LogP contribution in [0.15, 0.2) is 17.5 Å². The van der Waals surface area contributed by atoms with Crippen LogP contribution in [0.3, 0.4) is 0 Å². The second-order valence-electron chi connectivity index (χ2n) is 6.02. The average molecular weight is 295 g/mol. The Kier molecular flexibility index (Phi) is 6.49. The van der Waals surface area contributed by atoms with Gasteiger partial charge in [0.1, 0.15) is 0 Å². The molecule has 1 atom stereocenters. The van der Waals surface area contributed by atoms with Gasteiger partial charge < -0.3 is 15.1 Å². The molecular formula is C16H29N3S. The minimum absolute atomic E-state index is 0.503. The molecule has 0 bridgehead atoms. The van der Waals surface area contributed by atoms with E-state index < -0.39 is 0 Å². The minimum Gasteiger partial charge on any atom is -0.312 e. The zero-order chi connectivity index (χ0) is 14.4. The molecule has 0 spiro atoms. The Bertz CT molecular complexity index is 356. The Morgan fingerprint density at radius 1 is 1.40 bits per heavy atom. The lowest BCUT2D eigenvalue weighted by Gasteiger charge is -2.33. The summed E-state index contributed by atoms with van der Waals surface area (Å²) < 4.78 is 0. The number of likely N-dealkylation sites (tertiary alicyclic amines) is 1. The van der Waals surface area contributed by atoms with Crippen molar-refractivity contribution in [2.45, 2.75) is 38.3 Å². The standard InChI is InChI=1S/C16H29N3S/c1-4-9-19-10-7-14(8-11-19)17-13-15(18(2)3)16-6-5-12-20-16/h5-6,12,14-15,17H,4,7-11,13H2,1-3H3. The normalized spacial score (nSPS) is 19.6. The molecule has 1 aliphatic heterocycles. The molecule has 1 saturated heterocycles. The first-order valence-electron chi connectivity index (χ1n) is 7.86. The highest BCUT2D eigenvalue weighted by Crippen LogP contribution is 2.23. The van der Waals surface area contributed by atoms with Crippen molar-refractivity contribution >= 4 is 11.3 Å². The van der Waals surface area contributed by atoms with Crippen LogP contribution in [0.1, 0.15) is 37.1 Å². The second kappa shape index (κ2) is 8.13. The first kappa shape index (κ1) is 16.0. The van der Waals surface area contributed by atoms with E-state index >= 15 is 0 Å². The van der Waals surface area contributed by atoms with Crippen LogP contribution in [0.4, 0.5) is 0 Å². The van der Waals surface area contributed by atoms with Gasteiger partial charge in [0, 0.05) is 17.5 Å². The van der Waals surface area contributed by atoms with E-state index in [1.54, 1.807) is 0 Å². The van der Waals surface area contributed by atoms with Gasteiger partial charge in [-0.15, -0.1) is 11.3 Å². The van der Waals surface area contributed by atoms with E-state index in [1.165, 1.54) is 43.8 Å². The molecule has 1 fully saturated rings. The van der Waals surface area contributed by atoms with Gasteiger partial charge >= 0.3 is 0 Å². The Balaban J connectivity index is 1.77. The highest BCUT2D eigenvalue weighted by atomic mass is 32.1. The molecule has 0 radical (unpaired) electrons. The van der Waals surface area contributed by atoms with Gasteiger partial charge in [0.25, 0.3) is 0 Å². The number of hydrogen-bond acceptors (Lipinski definition) is 4. The van der Waals surface area contributed by atoms with Gasteiger partial charge in [0.15, 0.2) is 0 Å². The van der Waals surface area contributed by atoms with Crippen LogP contribution >= 0.6 is 11.3 Å². The minimum atomic E-state index is 0.503. The molecule has 1 N–H and O–H groups in total. The van der Waals surface area contributed by atoms with Crippen LogP contribution in [0.2, 0.25) is 0 Å². The van der Waals surface area contributed by atoms with E-state index in [9.17, 15) is 0 Å². The summed E-state index contributed by atoms with van der Waals surface area (Å²) in [5.41, 5.74) is 0. The summed E-state index contributed by atoms with van der Waals surface area (Å²) in [5.74, 6) is 0. The van der Waals surface area contributed by atoms with Crippen molar-refractivity contribution < 1.29 is 0 Å². The molecule has 0 saturated carbocycles. The molecular weight excluding hydrogens is 266 g/mol. The molecule has 20 heavy (non-hydrogen) atoms. The SMILES string of the molecule is CCCN1CCC(NCC(c2cccs2)N(C)C)CC1. The van der Waals surface area contributed by atoms with E-state index in [4.69, 9.17) is 0 Å². The van der Waals surface area contributed by atoms with E-state index in [-0.39, 0.29) is 0 Å². The predicted octanol–water partition coefficient (Wildman–Crippen LogP) is 2.81. The number of nitrogens with one attached hydrogen (secondary N) is 1. The highest BCUT2D eigenvalue weighted by Gasteiger charge is 2.21. The summed E-state index contributed by atoms with van der Waals surface area (Å²) in [4.78, 5) is 6.39. The zero-order valence-electron chi connectivity index (χ0n) is 13.1. The lowest BCUT2D eigenvalue weighted by atomic mass is 10.0. The lowest BCUT2D eigenvalue weighted by molar-refractivity contribution is 0.189. The third kappa shape index (κ3) is 4.55. The van der Waals surface area contributed by atoms with Gasteiger partial charge in [0.05, 0.1) is 6.04 Å². The molecule has 2 heterocycles. The van der Waals surface area contributed by atoms with Gasteiger partial charge in [-0.25, -0.2) is 0 Å². The predicted molar refractivity (Wildman–Crippen MR) is 88.5 cm³/mol. The Morgan fingerprint density at radius 2 is 2.15 bits per heavy atom. The van der Waals surface area contributed by atoms with E-state index in [0.717, 1.165) is 6.54 Å². The largest absolute Gasteiger partial charge is 0.312 e. The van der Waals surface area contributed by atoms with E-state index in [1.807, 2.05) is 11.3 Å². The number of likely N-dealkylation sites (N-methyl/N-ethyl adjacent to an activating group) is 1. The molecule has 1 aromatic heterocycles. The molecule has 4 heteroatoms. The maximum absolute atomic E-state index is 3.79. The van der Waals surface area contributed by atoms with Crippen molar-refractivity contribution in [3.8, 4) is 0 Å². The molecule has 1 aliphatic rings. The van der Waals surface area contributed by atoms with Gasteiger partial charge in [0.2, 0.25) is 0 Å². The number of nitrogens with zero attached hydrogens (tertiary/aromatic N) is 2. The van der Waals surface area contributed by atoms with E-state index in [2.05, 4.69) is 53.6 Å². The molecule has 3 nitrogen and oxygen atoms in total. The van der Waals surface area contributed by atoms with Crippen molar-refractivity contribution in [3.05, 3.63) is 22.4 Å². The maximum Gasteiger partial charge on any atom is 0.0561 e. The molecule has 2 rings (SSSR count). The number of piperidine rings is 1. The molecule has 1 unspecified atom stereocenters. The van der Waals surface area contributed by atoms with Crippen molar-refractivity contribution in [1.29, 1.82) is 0 Å². The summed E-state index contributed by atoms with van der Waals surface area (Å²) in [5, 5.41) is 5.97. The summed E-state index contributed by atoms with van der Waals surface area (Å²) in [6, 6.07) is 5.61. The van der Waals surface area contributed by atoms with Crippen LogP contribution < -0.4 is 5.32 Å². The van der Waals surface area contributed by atoms with Crippen LogP contribution in [-0.2, 0) is 0 Å². The van der Waals surface area contributed by atoms with Crippen molar-refractivity contribution in [2.24, 2.45) is 0 Å². The smallest absolute Gasteiger partial charge is 0.0561 e. The molecule has 0 aromatic carbocycles. The second-order valence-corrected chi connectivity index (χ2v) is 7.00. The van der Waals surface area contributed by atoms with Gasteiger partial charge in [-0.3, -0.25) is 0 Å².